The van der Waals surface area contributed by atoms with Gasteiger partial charge in [-0.25, -0.2) is 0 Å². The van der Waals surface area contributed by atoms with Crippen molar-refractivity contribution in [3.8, 4) is 5.75 Å². The van der Waals surface area contributed by atoms with Crippen LogP contribution < -0.4 is 10.1 Å². The second-order valence-corrected chi connectivity index (χ2v) is 5.94. The quantitative estimate of drug-likeness (QED) is 0.679. The van der Waals surface area contributed by atoms with E-state index in [0.29, 0.717) is 17.3 Å². The Kier molecular flexibility index (Phi) is 5.75. The van der Waals surface area contributed by atoms with E-state index in [-0.39, 0.29) is 18.3 Å². The summed E-state index contributed by atoms with van der Waals surface area (Å²) in [6, 6.07) is 20.4. The molecule has 0 aliphatic heterocycles. The summed E-state index contributed by atoms with van der Waals surface area (Å²) in [4.78, 5) is 12.1. The number of para-hydroxylation sites is 1. The number of carbonyl (C=O) groups is 1. The van der Waals surface area contributed by atoms with Gasteiger partial charge in [0.1, 0.15) is 18.1 Å². The van der Waals surface area contributed by atoms with Crippen LogP contribution >= 0.6 is 11.6 Å². The molecule has 4 nitrogen and oxygen atoms in total. The summed E-state index contributed by atoms with van der Waals surface area (Å²) in [5.41, 5.74) is 1.11. The summed E-state index contributed by atoms with van der Waals surface area (Å²) in [5, 5.41) is 3.55. The van der Waals surface area contributed by atoms with Gasteiger partial charge in [-0.3, -0.25) is 4.79 Å². The van der Waals surface area contributed by atoms with E-state index in [1.807, 2.05) is 54.6 Å². The molecular weight excluding hydrogens is 338 g/mol. The molecule has 0 saturated carbocycles. The van der Waals surface area contributed by atoms with E-state index in [0.717, 1.165) is 17.7 Å². The number of amides is 1. The molecule has 0 spiro atoms. The Labute approximate surface area is 151 Å². The number of rotatable bonds is 7. The molecular formula is C20H18ClNO3. The Morgan fingerprint density at radius 2 is 1.76 bits per heavy atom. The molecule has 0 aliphatic rings. The SMILES string of the molecule is O=C(NCCc1ccc(Cl)cc1)c1ccc(COc2ccccc2)o1. The van der Waals surface area contributed by atoms with Crippen LogP contribution in [0.3, 0.4) is 0 Å². The van der Waals surface area contributed by atoms with Gasteiger partial charge >= 0.3 is 0 Å². The molecule has 0 bridgehead atoms. The Hall–Kier alpha value is -2.72. The maximum Gasteiger partial charge on any atom is 0.287 e. The first-order valence-corrected chi connectivity index (χ1v) is 8.38. The molecule has 5 heteroatoms. The fourth-order valence-corrected chi connectivity index (χ4v) is 2.43. The number of benzene rings is 2. The highest BCUT2D eigenvalue weighted by Crippen LogP contribution is 2.14. The summed E-state index contributed by atoms with van der Waals surface area (Å²) < 4.78 is 11.1. The molecule has 0 aliphatic carbocycles. The van der Waals surface area contributed by atoms with Crippen molar-refractivity contribution in [2.24, 2.45) is 0 Å². The van der Waals surface area contributed by atoms with Crippen LogP contribution in [-0.4, -0.2) is 12.5 Å². The standard InChI is InChI=1S/C20H18ClNO3/c21-16-8-6-15(7-9-16)12-13-22-20(23)19-11-10-18(25-19)14-24-17-4-2-1-3-5-17/h1-11H,12-14H2,(H,22,23). The molecule has 1 heterocycles. The third kappa shape index (κ3) is 5.13. The predicted molar refractivity (Wildman–Crippen MR) is 97.0 cm³/mol. The van der Waals surface area contributed by atoms with Gasteiger partial charge in [0.2, 0.25) is 0 Å². The minimum atomic E-state index is -0.236. The van der Waals surface area contributed by atoms with Crippen LogP contribution in [0.4, 0.5) is 0 Å². The number of carbonyl (C=O) groups excluding carboxylic acids is 1. The second-order valence-electron chi connectivity index (χ2n) is 5.50. The first-order valence-electron chi connectivity index (χ1n) is 8.00. The Morgan fingerprint density at radius 3 is 2.52 bits per heavy atom. The van der Waals surface area contributed by atoms with Gasteiger partial charge in [0.25, 0.3) is 5.91 Å². The number of nitrogens with one attached hydrogen (secondary N) is 1. The third-order valence-corrected chi connectivity index (χ3v) is 3.87. The summed E-state index contributed by atoms with van der Waals surface area (Å²) in [5.74, 6) is 1.40. The van der Waals surface area contributed by atoms with E-state index in [2.05, 4.69) is 5.32 Å². The molecule has 0 saturated heterocycles. The van der Waals surface area contributed by atoms with Crippen molar-refractivity contribution in [2.45, 2.75) is 13.0 Å². The van der Waals surface area contributed by atoms with E-state index >= 15 is 0 Å². The molecule has 0 radical (unpaired) electrons. The van der Waals surface area contributed by atoms with Crippen molar-refractivity contribution >= 4 is 17.5 Å². The average Bonchev–Trinajstić information content (AvgIpc) is 3.12. The van der Waals surface area contributed by atoms with Gasteiger partial charge in [-0.05, 0) is 48.4 Å². The topological polar surface area (TPSA) is 51.5 Å². The average molecular weight is 356 g/mol. The van der Waals surface area contributed by atoms with E-state index in [1.54, 1.807) is 12.1 Å². The van der Waals surface area contributed by atoms with Crippen molar-refractivity contribution in [3.63, 3.8) is 0 Å². The van der Waals surface area contributed by atoms with Crippen molar-refractivity contribution in [1.29, 1.82) is 0 Å². The molecule has 25 heavy (non-hydrogen) atoms. The van der Waals surface area contributed by atoms with Gasteiger partial charge in [-0.2, -0.15) is 0 Å². The van der Waals surface area contributed by atoms with Gasteiger partial charge in [0, 0.05) is 11.6 Å². The lowest BCUT2D eigenvalue weighted by atomic mass is 10.1. The summed E-state index contributed by atoms with van der Waals surface area (Å²) in [7, 11) is 0. The van der Waals surface area contributed by atoms with Gasteiger partial charge < -0.3 is 14.5 Å². The maximum absolute atomic E-state index is 12.1. The molecule has 1 aromatic heterocycles. The largest absolute Gasteiger partial charge is 0.486 e. The molecule has 1 amide bonds. The smallest absolute Gasteiger partial charge is 0.287 e. The Bertz CT molecular complexity index is 812. The maximum atomic E-state index is 12.1. The van der Waals surface area contributed by atoms with Crippen molar-refractivity contribution in [1.82, 2.24) is 5.32 Å². The van der Waals surface area contributed by atoms with E-state index in [1.165, 1.54) is 0 Å². The fourth-order valence-electron chi connectivity index (χ4n) is 2.31. The van der Waals surface area contributed by atoms with E-state index in [4.69, 9.17) is 20.8 Å². The van der Waals surface area contributed by atoms with Crippen LogP contribution in [0, 0.1) is 0 Å². The fraction of sp³-hybridized carbons (Fsp3) is 0.150. The van der Waals surface area contributed by atoms with Crippen molar-refractivity contribution < 1.29 is 13.9 Å². The molecule has 128 valence electrons. The van der Waals surface area contributed by atoms with Crippen LogP contribution in [-0.2, 0) is 13.0 Å². The first kappa shape index (κ1) is 17.1. The zero-order chi connectivity index (χ0) is 17.5. The Balaban J connectivity index is 1.46. The van der Waals surface area contributed by atoms with E-state index in [9.17, 15) is 4.79 Å². The van der Waals surface area contributed by atoms with Gasteiger partial charge in [0.05, 0.1) is 0 Å². The summed E-state index contributed by atoms with van der Waals surface area (Å²) >= 11 is 5.85. The van der Waals surface area contributed by atoms with Crippen LogP contribution in [0.5, 0.6) is 5.75 Å². The Morgan fingerprint density at radius 1 is 1.00 bits per heavy atom. The summed E-state index contributed by atoms with van der Waals surface area (Å²) in [6.07, 6.45) is 0.730. The zero-order valence-electron chi connectivity index (χ0n) is 13.6. The van der Waals surface area contributed by atoms with Crippen LogP contribution in [0.1, 0.15) is 21.9 Å². The number of hydrogen-bond donors (Lipinski definition) is 1. The lowest BCUT2D eigenvalue weighted by molar-refractivity contribution is 0.0922. The van der Waals surface area contributed by atoms with Crippen molar-refractivity contribution in [3.05, 3.63) is 88.8 Å². The molecule has 3 rings (SSSR count). The molecule has 1 N–H and O–H groups in total. The van der Waals surface area contributed by atoms with Crippen molar-refractivity contribution in [2.75, 3.05) is 6.54 Å². The highest BCUT2D eigenvalue weighted by Gasteiger charge is 2.11. The third-order valence-electron chi connectivity index (χ3n) is 3.62. The minimum Gasteiger partial charge on any atom is -0.486 e. The van der Waals surface area contributed by atoms with Crippen LogP contribution in [0.2, 0.25) is 5.02 Å². The van der Waals surface area contributed by atoms with E-state index < -0.39 is 0 Å². The lowest BCUT2D eigenvalue weighted by Gasteiger charge is -2.04. The monoisotopic (exact) mass is 355 g/mol. The van der Waals surface area contributed by atoms with Gasteiger partial charge in [-0.15, -0.1) is 0 Å². The van der Waals surface area contributed by atoms with Gasteiger partial charge in [0.15, 0.2) is 5.76 Å². The molecule has 0 atom stereocenters. The number of furan rings is 1. The molecule has 3 aromatic rings. The molecule has 2 aromatic carbocycles. The molecule has 0 fully saturated rings. The van der Waals surface area contributed by atoms with Crippen LogP contribution in [0.25, 0.3) is 0 Å². The predicted octanol–water partition coefficient (Wildman–Crippen LogP) is 4.48. The minimum absolute atomic E-state index is 0.236. The highest BCUT2D eigenvalue weighted by molar-refractivity contribution is 6.30. The first-order chi connectivity index (χ1) is 12.2. The van der Waals surface area contributed by atoms with Crippen LogP contribution in [0.15, 0.2) is 71.1 Å². The zero-order valence-corrected chi connectivity index (χ0v) is 14.3. The van der Waals surface area contributed by atoms with Gasteiger partial charge in [-0.1, -0.05) is 41.9 Å². The normalized spacial score (nSPS) is 10.4. The lowest BCUT2D eigenvalue weighted by Crippen LogP contribution is -2.25. The summed E-state index contributed by atoms with van der Waals surface area (Å²) in [6.45, 7) is 0.805. The highest BCUT2D eigenvalue weighted by atomic mass is 35.5. The number of hydrogen-bond acceptors (Lipinski definition) is 3. The molecule has 0 unspecified atom stereocenters. The number of ether oxygens (including phenoxy) is 1. The second kappa shape index (κ2) is 8.40. The number of halogens is 1.